The number of halogens is 1. The van der Waals surface area contributed by atoms with Crippen molar-refractivity contribution in [2.45, 2.75) is 12.7 Å². The number of benzene rings is 2. The highest BCUT2D eigenvalue weighted by Crippen LogP contribution is 2.22. The molecule has 0 aliphatic carbocycles. The van der Waals surface area contributed by atoms with E-state index in [0.29, 0.717) is 16.8 Å². The molecule has 0 aromatic heterocycles. The minimum absolute atomic E-state index is 0.234. The van der Waals surface area contributed by atoms with Gasteiger partial charge in [0.1, 0.15) is 0 Å². The molecule has 0 spiro atoms. The second kappa shape index (κ2) is 6.29. The van der Waals surface area contributed by atoms with E-state index in [9.17, 15) is 8.42 Å². The van der Waals surface area contributed by atoms with Gasteiger partial charge in [0.25, 0.3) is 0 Å². The Balaban J connectivity index is 2.23. The lowest BCUT2D eigenvalue weighted by atomic mass is 10.1. The van der Waals surface area contributed by atoms with Gasteiger partial charge in [-0.2, -0.15) is 5.26 Å². The average molecular weight is 365 g/mol. The Hall–Kier alpha value is -1.84. The quantitative estimate of drug-likeness (QED) is 0.901. The van der Waals surface area contributed by atoms with Crippen molar-refractivity contribution in [1.82, 2.24) is 0 Å². The van der Waals surface area contributed by atoms with Gasteiger partial charge in [-0.15, -0.1) is 0 Å². The molecule has 2 aromatic carbocycles. The summed E-state index contributed by atoms with van der Waals surface area (Å²) in [6, 6.07) is 13.9. The Bertz CT molecular complexity index is 811. The van der Waals surface area contributed by atoms with Gasteiger partial charge < -0.3 is 0 Å². The molecule has 1 N–H and O–H groups in total. The lowest BCUT2D eigenvalue weighted by molar-refractivity contribution is 0.600. The zero-order chi connectivity index (χ0) is 15.5. The summed E-state index contributed by atoms with van der Waals surface area (Å²) in [6.07, 6.45) is 0. The van der Waals surface area contributed by atoms with Gasteiger partial charge in [0.15, 0.2) is 0 Å². The maximum absolute atomic E-state index is 12.2. The molecule has 0 aliphatic rings. The van der Waals surface area contributed by atoms with Crippen LogP contribution in [0.3, 0.4) is 0 Å². The molecule has 0 bridgehead atoms. The summed E-state index contributed by atoms with van der Waals surface area (Å²) in [4.78, 5) is 0. The summed E-state index contributed by atoms with van der Waals surface area (Å²) in [5.74, 6) is -0.234. The van der Waals surface area contributed by atoms with Crippen LogP contribution in [0.4, 0.5) is 5.69 Å². The molecule has 0 saturated carbocycles. The summed E-state index contributed by atoms with van der Waals surface area (Å²) < 4.78 is 27.7. The first-order valence-electron chi connectivity index (χ1n) is 6.16. The van der Waals surface area contributed by atoms with E-state index in [-0.39, 0.29) is 5.75 Å². The summed E-state index contributed by atoms with van der Waals surface area (Å²) in [5.41, 5.74) is 2.36. The van der Waals surface area contributed by atoms with Crippen molar-refractivity contribution in [2.75, 3.05) is 4.72 Å². The Labute approximate surface area is 132 Å². The summed E-state index contributed by atoms with van der Waals surface area (Å²) in [6.45, 7) is 1.92. The summed E-state index contributed by atoms with van der Waals surface area (Å²) >= 11 is 3.37. The van der Waals surface area contributed by atoms with Crippen molar-refractivity contribution in [3.63, 3.8) is 0 Å². The zero-order valence-corrected chi connectivity index (χ0v) is 13.7. The molecule has 21 heavy (non-hydrogen) atoms. The van der Waals surface area contributed by atoms with Crippen LogP contribution in [0.1, 0.15) is 16.7 Å². The molecule has 108 valence electrons. The predicted octanol–water partition coefficient (Wildman–Crippen LogP) is 3.57. The van der Waals surface area contributed by atoms with Crippen LogP contribution in [0, 0.1) is 18.3 Å². The van der Waals surface area contributed by atoms with Gasteiger partial charge in [-0.05, 0) is 36.2 Å². The smallest absolute Gasteiger partial charge is 0.236 e. The molecule has 0 saturated heterocycles. The zero-order valence-electron chi connectivity index (χ0n) is 11.3. The van der Waals surface area contributed by atoms with Crippen LogP contribution in [-0.4, -0.2) is 8.42 Å². The fourth-order valence-electron chi connectivity index (χ4n) is 1.83. The lowest BCUT2D eigenvalue weighted by Gasteiger charge is -2.10. The molecule has 4 nitrogen and oxygen atoms in total. The van der Waals surface area contributed by atoms with Gasteiger partial charge in [-0.1, -0.05) is 40.2 Å². The first-order valence-corrected chi connectivity index (χ1v) is 8.60. The maximum Gasteiger partial charge on any atom is 0.236 e. The second-order valence-corrected chi connectivity index (χ2v) is 7.17. The number of anilines is 1. The molecule has 0 amide bonds. The highest BCUT2D eigenvalue weighted by atomic mass is 79.9. The monoisotopic (exact) mass is 364 g/mol. The second-order valence-electron chi connectivity index (χ2n) is 4.59. The van der Waals surface area contributed by atoms with E-state index in [1.54, 1.807) is 36.4 Å². The number of nitrogens with zero attached hydrogens (tertiary/aromatic N) is 1. The van der Waals surface area contributed by atoms with Crippen LogP contribution in [-0.2, 0) is 15.8 Å². The van der Waals surface area contributed by atoms with Crippen molar-refractivity contribution in [3.05, 3.63) is 63.6 Å². The number of nitriles is 1. The maximum atomic E-state index is 12.2. The molecule has 0 fully saturated rings. The lowest BCUT2D eigenvalue weighted by Crippen LogP contribution is -2.15. The van der Waals surface area contributed by atoms with Gasteiger partial charge in [0.2, 0.25) is 10.0 Å². The van der Waals surface area contributed by atoms with Crippen molar-refractivity contribution in [1.29, 1.82) is 5.26 Å². The molecule has 6 heteroatoms. The van der Waals surface area contributed by atoms with E-state index in [2.05, 4.69) is 20.7 Å². The van der Waals surface area contributed by atoms with Crippen LogP contribution in [0.5, 0.6) is 0 Å². The third-order valence-electron chi connectivity index (χ3n) is 2.93. The van der Waals surface area contributed by atoms with Crippen molar-refractivity contribution in [2.24, 2.45) is 0 Å². The molecule has 0 atom stereocenters. The first-order chi connectivity index (χ1) is 9.91. The van der Waals surface area contributed by atoms with Crippen LogP contribution < -0.4 is 4.72 Å². The van der Waals surface area contributed by atoms with Crippen LogP contribution in [0.25, 0.3) is 0 Å². The van der Waals surface area contributed by atoms with Crippen molar-refractivity contribution < 1.29 is 8.42 Å². The van der Waals surface area contributed by atoms with Crippen molar-refractivity contribution in [3.8, 4) is 6.07 Å². The standard InChI is InChI=1S/C15H13BrN2O2S/c1-11-6-7-14(8-15(11)16)18-21(19,20)10-13-5-3-2-4-12(13)9-17/h2-8,18H,10H2,1H3. The summed E-state index contributed by atoms with van der Waals surface area (Å²) in [5, 5.41) is 9.00. The fourth-order valence-corrected chi connectivity index (χ4v) is 3.43. The highest BCUT2D eigenvalue weighted by Gasteiger charge is 2.14. The highest BCUT2D eigenvalue weighted by molar-refractivity contribution is 9.10. The average Bonchev–Trinajstić information content (AvgIpc) is 2.43. The van der Waals surface area contributed by atoms with Crippen LogP contribution in [0.2, 0.25) is 0 Å². The summed E-state index contributed by atoms with van der Waals surface area (Å²) in [7, 11) is -3.57. The number of hydrogen-bond donors (Lipinski definition) is 1. The number of nitrogens with one attached hydrogen (secondary N) is 1. The largest absolute Gasteiger partial charge is 0.283 e. The van der Waals surface area contributed by atoms with E-state index in [0.717, 1.165) is 10.0 Å². The minimum atomic E-state index is -3.57. The Morgan fingerprint density at radius 3 is 2.62 bits per heavy atom. The van der Waals surface area contributed by atoms with E-state index >= 15 is 0 Å². The SMILES string of the molecule is Cc1ccc(NS(=O)(=O)Cc2ccccc2C#N)cc1Br. The van der Waals surface area contributed by atoms with E-state index < -0.39 is 10.0 Å². The Morgan fingerprint density at radius 2 is 1.95 bits per heavy atom. The topological polar surface area (TPSA) is 70.0 Å². The minimum Gasteiger partial charge on any atom is -0.283 e. The molecule has 0 heterocycles. The number of hydrogen-bond acceptors (Lipinski definition) is 3. The third-order valence-corrected chi connectivity index (χ3v) is 5.02. The molecule has 0 unspecified atom stereocenters. The van der Waals surface area contributed by atoms with E-state index in [1.807, 2.05) is 19.1 Å². The first kappa shape index (κ1) is 15.5. The molecule has 2 rings (SSSR count). The van der Waals surface area contributed by atoms with Crippen LogP contribution in [0.15, 0.2) is 46.9 Å². The Kier molecular flexibility index (Phi) is 4.66. The van der Waals surface area contributed by atoms with Crippen molar-refractivity contribution >= 4 is 31.6 Å². The molecule has 2 aromatic rings. The van der Waals surface area contributed by atoms with Gasteiger partial charge >= 0.3 is 0 Å². The van der Waals surface area contributed by atoms with Gasteiger partial charge in [-0.25, -0.2) is 8.42 Å². The fraction of sp³-hybridized carbons (Fsp3) is 0.133. The van der Waals surface area contributed by atoms with Gasteiger partial charge in [0.05, 0.1) is 17.4 Å². The normalized spacial score (nSPS) is 10.9. The molecule has 0 radical (unpaired) electrons. The van der Waals surface area contributed by atoms with Gasteiger partial charge in [0, 0.05) is 10.2 Å². The van der Waals surface area contributed by atoms with E-state index in [1.165, 1.54) is 0 Å². The number of aryl methyl sites for hydroxylation is 1. The molecular weight excluding hydrogens is 352 g/mol. The van der Waals surface area contributed by atoms with Crippen LogP contribution >= 0.6 is 15.9 Å². The van der Waals surface area contributed by atoms with E-state index in [4.69, 9.17) is 5.26 Å². The third kappa shape index (κ3) is 4.06. The molecule has 0 aliphatic heterocycles. The predicted molar refractivity (Wildman–Crippen MR) is 86.3 cm³/mol. The molecular formula is C15H13BrN2O2S. The number of sulfonamides is 1. The van der Waals surface area contributed by atoms with Gasteiger partial charge in [-0.3, -0.25) is 4.72 Å². The number of rotatable bonds is 4. The Morgan fingerprint density at radius 1 is 1.24 bits per heavy atom.